The van der Waals surface area contributed by atoms with E-state index >= 15 is 4.39 Å². The summed E-state index contributed by atoms with van der Waals surface area (Å²) in [6.45, 7) is 7.22. The average Bonchev–Trinajstić information content (AvgIpc) is 3.34. The van der Waals surface area contributed by atoms with Gasteiger partial charge in [-0.3, -0.25) is 19.9 Å². The van der Waals surface area contributed by atoms with Crippen LogP contribution < -0.4 is 20.0 Å². The minimum atomic E-state index is -4.69. The molecule has 0 unspecified atom stereocenters. The number of amidine groups is 2. The second-order valence-electron chi connectivity index (χ2n) is 12.8. The molecule has 0 radical (unpaired) electrons. The first-order valence-electron chi connectivity index (χ1n) is 15.3. The van der Waals surface area contributed by atoms with Gasteiger partial charge in [-0.25, -0.2) is 19.2 Å². The maximum Gasteiger partial charge on any atom is 0.416 e. The number of hydrogen-bond acceptors (Lipinski definition) is 7. The van der Waals surface area contributed by atoms with Crippen LogP contribution in [0.25, 0.3) is 0 Å². The van der Waals surface area contributed by atoms with Crippen LogP contribution in [-0.4, -0.2) is 91.9 Å². The average molecular weight is 677 g/mol. The molecule has 260 valence electrons. The van der Waals surface area contributed by atoms with Crippen molar-refractivity contribution >= 4 is 46.8 Å². The topological polar surface area (TPSA) is 135 Å². The van der Waals surface area contributed by atoms with Gasteiger partial charge >= 0.3 is 12.3 Å². The summed E-state index contributed by atoms with van der Waals surface area (Å²) in [4.78, 5) is 52.6. The lowest BCUT2D eigenvalue weighted by atomic mass is 9.99. The molecule has 0 bridgehead atoms. The third kappa shape index (κ3) is 8.02. The number of alkyl halides is 3. The van der Waals surface area contributed by atoms with Gasteiger partial charge in [0.05, 0.1) is 29.4 Å². The second-order valence-corrected chi connectivity index (χ2v) is 12.8. The van der Waals surface area contributed by atoms with Crippen molar-refractivity contribution < 1.29 is 36.7 Å². The highest BCUT2D eigenvalue weighted by molar-refractivity contribution is 6.09. The maximum absolute atomic E-state index is 15.4. The van der Waals surface area contributed by atoms with Crippen LogP contribution in [0.15, 0.2) is 35.3 Å². The number of hydrogen-bond donors (Lipinski definition) is 2. The largest absolute Gasteiger partial charge is 0.444 e. The number of rotatable bonds is 7. The molecular formula is C32H40F4N8O4. The molecule has 2 fully saturated rings. The number of likely N-dealkylation sites (tertiary alicyclic amines) is 1. The van der Waals surface area contributed by atoms with E-state index in [1.165, 1.54) is 49.0 Å². The van der Waals surface area contributed by atoms with E-state index in [-0.39, 0.29) is 54.0 Å². The number of nitrogens with one attached hydrogen (secondary N) is 2. The molecule has 12 nitrogen and oxygen atoms in total. The number of carbonyl (C=O) groups excluding carboxylic acids is 3. The van der Waals surface area contributed by atoms with E-state index in [2.05, 4.69) is 15.3 Å². The number of anilines is 3. The first-order chi connectivity index (χ1) is 22.3. The molecule has 0 spiro atoms. The van der Waals surface area contributed by atoms with Gasteiger partial charge in [0, 0.05) is 46.3 Å². The third-order valence-electron chi connectivity index (χ3n) is 7.87. The summed E-state index contributed by atoms with van der Waals surface area (Å²) in [6, 6.07) is 4.50. The Morgan fingerprint density at radius 1 is 1.17 bits per heavy atom. The van der Waals surface area contributed by atoms with Gasteiger partial charge in [-0.15, -0.1) is 0 Å². The molecule has 4 rings (SSSR count). The van der Waals surface area contributed by atoms with Gasteiger partial charge in [0.1, 0.15) is 34.9 Å². The summed E-state index contributed by atoms with van der Waals surface area (Å²) < 4.78 is 61.4. The number of para-hydroxylation sites is 1. The number of aryl methyl sites for hydroxylation is 1. The molecule has 1 aromatic carbocycles. The molecule has 0 aliphatic carbocycles. The number of benzene rings is 1. The SMILES string of the molecule is CN/C(=N\C(=N)CN(C)c1c(F)cccc1N(C)C(=O)[C@@H]1CCC(=O)N1c1cc(C(F)(F)F)cc(C)n1)C1CN(C(=O)OC(C)(C)C)C1. The van der Waals surface area contributed by atoms with E-state index in [4.69, 9.17) is 10.1 Å². The maximum atomic E-state index is 15.4. The van der Waals surface area contributed by atoms with E-state index in [0.717, 1.165) is 21.9 Å². The van der Waals surface area contributed by atoms with Crippen molar-refractivity contribution in [2.75, 3.05) is 55.5 Å². The number of halogens is 4. The molecule has 2 N–H and O–H groups in total. The normalized spacial score (nSPS) is 17.3. The molecule has 16 heteroatoms. The summed E-state index contributed by atoms with van der Waals surface area (Å²) in [6.07, 6.45) is -5.19. The van der Waals surface area contributed by atoms with Crippen LogP contribution in [0, 0.1) is 24.1 Å². The quantitative estimate of drug-likeness (QED) is 0.249. The standard InChI is InChI=1S/C32H40F4N8O4/c1-18-13-20(32(34,35)36)14-25(39-18)44-23(11-12-26(44)45)29(46)42(7)22-10-8-9-21(33)27(22)41(6)17-24(37)40-28(38-5)19-15-43(16-19)30(47)48-31(2,3)4/h8-10,13-14,19,23H,11-12,15-17H2,1-7H3,(H2,37,38,40)/t23-/m0/s1. The number of likely N-dealkylation sites (N-methyl/N-ethyl adjacent to an activating group) is 2. The van der Waals surface area contributed by atoms with Gasteiger partial charge in [0.15, 0.2) is 0 Å². The first-order valence-corrected chi connectivity index (χ1v) is 15.3. The van der Waals surface area contributed by atoms with E-state index < -0.39 is 47.1 Å². The van der Waals surface area contributed by atoms with Crippen molar-refractivity contribution in [3.63, 3.8) is 0 Å². The number of ether oxygens (including phenoxy) is 1. The van der Waals surface area contributed by atoms with Crippen molar-refractivity contribution in [1.82, 2.24) is 15.2 Å². The zero-order valence-electron chi connectivity index (χ0n) is 27.9. The summed E-state index contributed by atoms with van der Waals surface area (Å²) in [5.74, 6) is -2.01. The number of nitrogens with zero attached hydrogens (tertiary/aromatic N) is 6. The van der Waals surface area contributed by atoms with E-state index in [9.17, 15) is 27.6 Å². The van der Waals surface area contributed by atoms with Crippen molar-refractivity contribution in [2.24, 2.45) is 10.9 Å². The van der Waals surface area contributed by atoms with Gasteiger partial charge in [-0.2, -0.15) is 13.2 Å². The summed E-state index contributed by atoms with van der Waals surface area (Å²) >= 11 is 0. The molecule has 0 saturated carbocycles. The fourth-order valence-electron chi connectivity index (χ4n) is 5.60. The molecule has 2 saturated heterocycles. The number of aliphatic imine (C=N–C) groups is 1. The minimum Gasteiger partial charge on any atom is -0.444 e. The first kappa shape index (κ1) is 36.1. The summed E-state index contributed by atoms with van der Waals surface area (Å²) in [5, 5.41) is 11.5. The zero-order valence-corrected chi connectivity index (χ0v) is 27.9. The molecule has 1 aromatic heterocycles. The van der Waals surface area contributed by atoms with Crippen LogP contribution in [0.1, 0.15) is 44.9 Å². The highest BCUT2D eigenvalue weighted by atomic mass is 19.4. The number of aromatic nitrogens is 1. The Labute approximate surface area is 276 Å². The van der Waals surface area contributed by atoms with Crippen molar-refractivity contribution in [2.45, 2.75) is 58.4 Å². The lowest BCUT2D eigenvalue weighted by Gasteiger charge is -2.40. The van der Waals surface area contributed by atoms with E-state index in [1.807, 2.05) is 0 Å². The van der Waals surface area contributed by atoms with Crippen LogP contribution >= 0.6 is 0 Å². The fourth-order valence-corrected chi connectivity index (χ4v) is 5.60. The molecular weight excluding hydrogens is 636 g/mol. The van der Waals surface area contributed by atoms with E-state index in [1.54, 1.807) is 27.8 Å². The summed E-state index contributed by atoms with van der Waals surface area (Å²) in [7, 11) is 4.56. The predicted octanol–water partition coefficient (Wildman–Crippen LogP) is 4.60. The van der Waals surface area contributed by atoms with Crippen molar-refractivity contribution in [1.29, 1.82) is 5.41 Å². The lowest BCUT2D eigenvalue weighted by Crippen LogP contribution is -2.56. The molecule has 2 aromatic rings. The van der Waals surface area contributed by atoms with Gasteiger partial charge in [0.2, 0.25) is 11.8 Å². The number of pyridine rings is 1. The molecule has 2 aliphatic heterocycles. The number of carbonyl (C=O) groups is 3. The molecule has 3 amide bonds. The minimum absolute atomic E-state index is 0.0250. The Kier molecular flexibility index (Phi) is 10.3. The van der Waals surface area contributed by atoms with Crippen LogP contribution in [0.3, 0.4) is 0 Å². The highest BCUT2D eigenvalue weighted by Crippen LogP contribution is 2.36. The smallest absolute Gasteiger partial charge is 0.416 e. The monoisotopic (exact) mass is 676 g/mol. The van der Waals surface area contributed by atoms with Gasteiger partial charge < -0.3 is 24.8 Å². The Hall–Kier alpha value is -4.76. The Balaban J connectivity index is 1.51. The lowest BCUT2D eigenvalue weighted by molar-refractivity contribution is -0.137. The van der Waals surface area contributed by atoms with Crippen LogP contribution in [0.5, 0.6) is 0 Å². The van der Waals surface area contributed by atoms with Gasteiger partial charge in [-0.05, 0) is 58.4 Å². The number of amides is 3. The van der Waals surface area contributed by atoms with Gasteiger partial charge in [-0.1, -0.05) is 6.07 Å². The Bertz CT molecular complexity index is 1620. The molecule has 1 atom stereocenters. The fraction of sp³-hybridized carbons (Fsp3) is 0.500. The van der Waals surface area contributed by atoms with E-state index in [0.29, 0.717) is 18.9 Å². The van der Waals surface area contributed by atoms with Gasteiger partial charge in [0.25, 0.3) is 0 Å². The Morgan fingerprint density at radius 2 is 1.83 bits per heavy atom. The summed E-state index contributed by atoms with van der Waals surface area (Å²) in [5.41, 5.74) is -1.51. The van der Waals surface area contributed by atoms with Crippen LogP contribution in [0.2, 0.25) is 0 Å². The van der Waals surface area contributed by atoms with Crippen molar-refractivity contribution in [3.8, 4) is 0 Å². The molecule has 3 heterocycles. The second kappa shape index (κ2) is 13.8. The highest BCUT2D eigenvalue weighted by Gasteiger charge is 2.42. The zero-order chi connectivity index (χ0) is 35.7. The Morgan fingerprint density at radius 3 is 2.44 bits per heavy atom. The van der Waals surface area contributed by atoms with Crippen LogP contribution in [-0.2, 0) is 20.5 Å². The molecule has 48 heavy (non-hydrogen) atoms. The predicted molar refractivity (Wildman–Crippen MR) is 173 cm³/mol. The third-order valence-corrected chi connectivity index (χ3v) is 7.87. The molecule has 2 aliphatic rings. The van der Waals surface area contributed by atoms with Crippen molar-refractivity contribution in [3.05, 3.63) is 47.4 Å². The van der Waals surface area contributed by atoms with Crippen LogP contribution in [0.4, 0.5) is 39.5 Å².